The van der Waals surface area contributed by atoms with E-state index in [1.807, 2.05) is 19.1 Å². The van der Waals surface area contributed by atoms with Gasteiger partial charge in [0.05, 0.1) is 27.6 Å². The highest BCUT2D eigenvalue weighted by Crippen LogP contribution is 2.04. The molecule has 0 aliphatic carbocycles. The van der Waals surface area contributed by atoms with Crippen LogP contribution in [0.1, 0.15) is 6.92 Å². The zero-order chi connectivity index (χ0) is 10.1. The van der Waals surface area contributed by atoms with E-state index in [1.54, 1.807) is 27.6 Å². The molecule has 0 rings (SSSR count). The van der Waals surface area contributed by atoms with Crippen LogP contribution < -0.4 is 0 Å². The molecule has 0 radical (unpaired) electrons. The molecule has 0 aliphatic heterocycles. The fourth-order valence-corrected chi connectivity index (χ4v) is 0.705. The first-order valence-electron chi connectivity index (χ1n) is 3.89. The van der Waals surface area contributed by atoms with E-state index in [0.29, 0.717) is 5.76 Å². The summed E-state index contributed by atoms with van der Waals surface area (Å²) in [5, 5.41) is 0. The molecule has 3 nitrogen and oxygen atoms in total. The highest BCUT2D eigenvalue weighted by atomic mass is 16.5. The van der Waals surface area contributed by atoms with E-state index in [2.05, 4.69) is 0 Å². The van der Waals surface area contributed by atoms with E-state index in [0.717, 1.165) is 5.57 Å². The van der Waals surface area contributed by atoms with Crippen LogP contribution in [0.2, 0.25) is 0 Å². The average molecular weight is 184 g/mol. The van der Waals surface area contributed by atoms with Gasteiger partial charge in [-0.05, 0) is 24.6 Å². The molecule has 0 fully saturated rings. The molecule has 0 aromatic heterocycles. The molecule has 0 saturated heterocycles. The second kappa shape index (κ2) is 7.28. The Hall–Kier alpha value is -1.38. The largest absolute Gasteiger partial charge is 0.504 e. The van der Waals surface area contributed by atoms with E-state index in [4.69, 9.17) is 14.2 Å². The maximum atomic E-state index is 5.03. The predicted molar refractivity (Wildman–Crippen MR) is 52.0 cm³/mol. The first-order valence-corrected chi connectivity index (χ1v) is 3.89. The third-order valence-electron chi connectivity index (χ3n) is 1.31. The molecular formula is C10H16O3. The third kappa shape index (κ3) is 5.84. The lowest BCUT2D eigenvalue weighted by molar-refractivity contribution is 0.261. The van der Waals surface area contributed by atoms with Crippen LogP contribution in [0.4, 0.5) is 0 Å². The predicted octanol–water partition coefficient (Wildman–Crippen LogP) is 2.23. The van der Waals surface area contributed by atoms with Crippen LogP contribution in [0, 0.1) is 0 Å². The molecule has 0 aromatic rings. The summed E-state index contributed by atoms with van der Waals surface area (Å²) < 4.78 is 14.6. The SMILES string of the molecule is CO/C=C(/C=C(C)\C=C\OC)OC. The van der Waals surface area contributed by atoms with E-state index in [9.17, 15) is 0 Å². The maximum Gasteiger partial charge on any atom is 0.153 e. The lowest BCUT2D eigenvalue weighted by Crippen LogP contribution is -1.84. The van der Waals surface area contributed by atoms with Gasteiger partial charge in [-0.3, -0.25) is 0 Å². The first-order chi connectivity index (χ1) is 6.24. The minimum atomic E-state index is 0.667. The average Bonchev–Trinajstić information content (AvgIpc) is 2.14. The van der Waals surface area contributed by atoms with Crippen LogP contribution in [0.25, 0.3) is 0 Å². The molecule has 0 unspecified atom stereocenters. The summed E-state index contributed by atoms with van der Waals surface area (Å²) in [5.41, 5.74) is 1.02. The third-order valence-corrected chi connectivity index (χ3v) is 1.31. The fourth-order valence-electron chi connectivity index (χ4n) is 0.705. The second-order valence-electron chi connectivity index (χ2n) is 2.39. The number of rotatable bonds is 5. The second-order valence-corrected chi connectivity index (χ2v) is 2.39. The number of allylic oxidation sites excluding steroid dienone is 3. The Labute approximate surface area is 79.3 Å². The zero-order valence-electron chi connectivity index (χ0n) is 8.53. The summed E-state index contributed by atoms with van der Waals surface area (Å²) in [5.74, 6) is 0.667. The van der Waals surface area contributed by atoms with Crippen LogP contribution in [-0.4, -0.2) is 21.3 Å². The maximum absolute atomic E-state index is 5.03. The Morgan fingerprint density at radius 2 is 1.77 bits per heavy atom. The number of ether oxygens (including phenoxy) is 3. The van der Waals surface area contributed by atoms with Crippen molar-refractivity contribution in [1.82, 2.24) is 0 Å². The van der Waals surface area contributed by atoms with Crippen molar-refractivity contribution >= 4 is 0 Å². The van der Waals surface area contributed by atoms with Gasteiger partial charge in [-0.2, -0.15) is 0 Å². The Kier molecular flexibility index (Phi) is 6.51. The van der Waals surface area contributed by atoms with Crippen LogP contribution >= 0.6 is 0 Å². The van der Waals surface area contributed by atoms with Crippen LogP contribution in [-0.2, 0) is 14.2 Å². The molecule has 0 bridgehead atoms. The number of methoxy groups -OCH3 is 3. The van der Waals surface area contributed by atoms with Gasteiger partial charge >= 0.3 is 0 Å². The molecule has 13 heavy (non-hydrogen) atoms. The van der Waals surface area contributed by atoms with E-state index in [-0.39, 0.29) is 0 Å². The molecule has 0 amide bonds. The topological polar surface area (TPSA) is 27.7 Å². The van der Waals surface area contributed by atoms with Crippen LogP contribution in [0.15, 0.2) is 36.0 Å². The van der Waals surface area contributed by atoms with E-state index in [1.165, 1.54) is 6.26 Å². The van der Waals surface area contributed by atoms with Gasteiger partial charge in [0.1, 0.15) is 6.26 Å². The molecule has 0 aromatic carbocycles. The molecule has 0 aliphatic rings. The van der Waals surface area contributed by atoms with Gasteiger partial charge < -0.3 is 14.2 Å². The van der Waals surface area contributed by atoms with E-state index < -0.39 is 0 Å². The van der Waals surface area contributed by atoms with E-state index >= 15 is 0 Å². The Morgan fingerprint density at radius 3 is 2.23 bits per heavy atom. The lowest BCUT2D eigenvalue weighted by atomic mass is 10.2. The number of hydrogen-bond donors (Lipinski definition) is 0. The summed E-state index contributed by atoms with van der Waals surface area (Å²) in [6.07, 6.45) is 6.82. The van der Waals surface area contributed by atoms with Crippen molar-refractivity contribution in [2.24, 2.45) is 0 Å². The summed E-state index contributed by atoms with van der Waals surface area (Å²) in [6, 6.07) is 0. The highest BCUT2D eigenvalue weighted by Gasteiger charge is 1.90. The van der Waals surface area contributed by atoms with Crippen LogP contribution in [0.5, 0.6) is 0 Å². The molecular weight excluding hydrogens is 168 g/mol. The smallest absolute Gasteiger partial charge is 0.153 e. The molecule has 0 saturated carbocycles. The summed E-state index contributed by atoms with van der Waals surface area (Å²) in [7, 11) is 4.77. The molecule has 0 spiro atoms. The summed E-state index contributed by atoms with van der Waals surface area (Å²) in [4.78, 5) is 0. The van der Waals surface area contributed by atoms with Gasteiger partial charge in [-0.1, -0.05) is 0 Å². The van der Waals surface area contributed by atoms with Gasteiger partial charge in [0, 0.05) is 0 Å². The lowest BCUT2D eigenvalue weighted by Gasteiger charge is -2.00. The van der Waals surface area contributed by atoms with Crippen LogP contribution in [0.3, 0.4) is 0 Å². The Balaban J connectivity index is 4.33. The highest BCUT2D eigenvalue weighted by molar-refractivity contribution is 5.23. The van der Waals surface area contributed by atoms with Crippen molar-refractivity contribution in [1.29, 1.82) is 0 Å². The summed E-state index contributed by atoms with van der Waals surface area (Å²) in [6.45, 7) is 1.94. The summed E-state index contributed by atoms with van der Waals surface area (Å²) >= 11 is 0. The quantitative estimate of drug-likeness (QED) is 0.484. The molecule has 74 valence electrons. The van der Waals surface area contributed by atoms with Gasteiger partial charge in [0.15, 0.2) is 5.76 Å². The first kappa shape index (κ1) is 11.6. The molecule has 0 atom stereocenters. The van der Waals surface area contributed by atoms with Gasteiger partial charge in [-0.15, -0.1) is 0 Å². The minimum Gasteiger partial charge on any atom is -0.504 e. The minimum absolute atomic E-state index is 0.667. The zero-order valence-corrected chi connectivity index (χ0v) is 8.53. The fraction of sp³-hybridized carbons (Fsp3) is 0.400. The van der Waals surface area contributed by atoms with Gasteiger partial charge in [-0.25, -0.2) is 0 Å². The molecule has 0 N–H and O–H groups in total. The van der Waals surface area contributed by atoms with Crippen molar-refractivity contribution in [2.45, 2.75) is 6.92 Å². The van der Waals surface area contributed by atoms with Crippen molar-refractivity contribution in [2.75, 3.05) is 21.3 Å². The Bertz CT molecular complexity index is 214. The number of hydrogen-bond acceptors (Lipinski definition) is 3. The standard InChI is InChI=1S/C10H16O3/c1-9(5-6-11-2)7-10(13-4)8-12-3/h5-8H,1-4H3/b6-5+,9-7-,10-8-. The van der Waals surface area contributed by atoms with Gasteiger partial charge in [0.2, 0.25) is 0 Å². The normalized spacial score (nSPS) is 13.2. The monoisotopic (exact) mass is 184 g/mol. The Morgan fingerprint density at radius 1 is 1.08 bits per heavy atom. The van der Waals surface area contributed by atoms with Crippen molar-refractivity contribution in [3.8, 4) is 0 Å². The van der Waals surface area contributed by atoms with Crippen molar-refractivity contribution in [3.05, 3.63) is 36.0 Å². The van der Waals surface area contributed by atoms with Crippen molar-refractivity contribution < 1.29 is 14.2 Å². The molecule has 3 heteroatoms. The van der Waals surface area contributed by atoms with Gasteiger partial charge in [0.25, 0.3) is 0 Å². The molecule has 0 heterocycles. The van der Waals surface area contributed by atoms with Crippen molar-refractivity contribution in [3.63, 3.8) is 0 Å².